The number of nitrogens with zero attached hydrogens (tertiary/aromatic N) is 4. The molecular formula is C7H8N4O2. The second-order valence-corrected chi connectivity index (χ2v) is 2.67. The standard InChI is InChI=1S/C7H8N4O2/c1-10-2-3-11(7(10)12)4-6-8-5-13-9-6/h2-3,5H,4H2,1H3. The Bertz CT molecular complexity index is 439. The third-order valence-corrected chi connectivity index (χ3v) is 1.74. The predicted octanol–water partition coefficient (Wildman–Crippen LogP) is -0.382. The van der Waals surface area contributed by atoms with E-state index in [-0.39, 0.29) is 5.69 Å². The van der Waals surface area contributed by atoms with E-state index in [4.69, 9.17) is 0 Å². The average molecular weight is 180 g/mol. The van der Waals surface area contributed by atoms with Gasteiger partial charge in [0.25, 0.3) is 0 Å². The van der Waals surface area contributed by atoms with E-state index in [9.17, 15) is 4.79 Å². The molecule has 0 N–H and O–H groups in total. The molecule has 0 radical (unpaired) electrons. The van der Waals surface area contributed by atoms with Gasteiger partial charge in [-0.25, -0.2) is 4.79 Å². The molecule has 6 heteroatoms. The summed E-state index contributed by atoms with van der Waals surface area (Å²) in [7, 11) is 1.69. The molecule has 0 spiro atoms. The molecule has 13 heavy (non-hydrogen) atoms. The van der Waals surface area contributed by atoms with Gasteiger partial charge in [-0.05, 0) is 0 Å². The Morgan fingerprint density at radius 3 is 2.92 bits per heavy atom. The zero-order chi connectivity index (χ0) is 9.26. The lowest BCUT2D eigenvalue weighted by Crippen LogP contribution is -2.22. The fourth-order valence-corrected chi connectivity index (χ4v) is 1.05. The van der Waals surface area contributed by atoms with Crippen molar-refractivity contribution in [3.05, 3.63) is 35.1 Å². The van der Waals surface area contributed by atoms with Crippen LogP contribution in [0.4, 0.5) is 0 Å². The lowest BCUT2D eigenvalue weighted by Gasteiger charge is -1.93. The Balaban J connectivity index is 2.29. The lowest BCUT2D eigenvalue weighted by molar-refractivity contribution is 0.408. The Morgan fingerprint density at radius 1 is 1.54 bits per heavy atom. The van der Waals surface area contributed by atoms with Gasteiger partial charge in [-0.1, -0.05) is 5.16 Å². The average Bonchev–Trinajstić information content (AvgIpc) is 2.71. The quantitative estimate of drug-likeness (QED) is 0.631. The van der Waals surface area contributed by atoms with Crippen molar-refractivity contribution in [1.82, 2.24) is 19.3 Å². The van der Waals surface area contributed by atoms with Crippen LogP contribution in [0, 0.1) is 0 Å². The Kier molecular flexibility index (Phi) is 1.73. The van der Waals surface area contributed by atoms with Gasteiger partial charge in [0.1, 0.15) is 0 Å². The molecule has 2 heterocycles. The molecule has 2 rings (SSSR count). The van der Waals surface area contributed by atoms with Crippen LogP contribution in [0.15, 0.2) is 28.1 Å². The van der Waals surface area contributed by atoms with Crippen molar-refractivity contribution in [2.24, 2.45) is 7.05 Å². The van der Waals surface area contributed by atoms with Gasteiger partial charge in [0.2, 0.25) is 6.39 Å². The molecule has 0 bridgehead atoms. The molecule has 6 nitrogen and oxygen atoms in total. The largest absolute Gasteiger partial charge is 0.343 e. The Labute approximate surface area is 73.4 Å². The van der Waals surface area contributed by atoms with Crippen molar-refractivity contribution in [3.63, 3.8) is 0 Å². The van der Waals surface area contributed by atoms with E-state index in [1.54, 1.807) is 19.4 Å². The van der Waals surface area contributed by atoms with Crippen LogP contribution in [0.1, 0.15) is 5.82 Å². The van der Waals surface area contributed by atoms with Gasteiger partial charge in [-0.3, -0.25) is 4.57 Å². The number of hydrogen-bond donors (Lipinski definition) is 0. The molecule has 2 aromatic heterocycles. The normalized spacial score (nSPS) is 10.5. The number of hydrogen-bond acceptors (Lipinski definition) is 4. The van der Waals surface area contributed by atoms with Crippen LogP contribution >= 0.6 is 0 Å². The van der Waals surface area contributed by atoms with Gasteiger partial charge in [-0.15, -0.1) is 0 Å². The van der Waals surface area contributed by atoms with Crippen molar-refractivity contribution in [2.45, 2.75) is 6.54 Å². The van der Waals surface area contributed by atoms with Crippen LogP contribution in [0.5, 0.6) is 0 Å². The molecule has 68 valence electrons. The summed E-state index contributed by atoms with van der Waals surface area (Å²) in [5.41, 5.74) is -0.0928. The molecule has 0 fully saturated rings. The van der Waals surface area contributed by atoms with Gasteiger partial charge in [0.05, 0.1) is 6.54 Å². The van der Waals surface area contributed by atoms with E-state index < -0.39 is 0 Å². The summed E-state index contributed by atoms with van der Waals surface area (Å²) in [6.45, 7) is 0.343. The van der Waals surface area contributed by atoms with Crippen LogP contribution in [0.2, 0.25) is 0 Å². The summed E-state index contributed by atoms with van der Waals surface area (Å²) in [5.74, 6) is 0.494. The Morgan fingerprint density at radius 2 is 2.38 bits per heavy atom. The van der Waals surface area contributed by atoms with Gasteiger partial charge in [-0.2, -0.15) is 4.98 Å². The second-order valence-electron chi connectivity index (χ2n) is 2.67. The molecule has 0 saturated heterocycles. The highest BCUT2D eigenvalue weighted by Gasteiger charge is 2.03. The summed E-state index contributed by atoms with van der Waals surface area (Å²) in [6, 6.07) is 0. The summed E-state index contributed by atoms with van der Waals surface area (Å²) in [6.07, 6.45) is 4.60. The van der Waals surface area contributed by atoms with Crippen molar-refractivity contribution < 1.29 is 4.52 Å². The molecule has 0 aromatic carbocycles. The number of rotatable bonds is 2. The number of aryl methyl sites for hydroxylation is 1. The zero-order valence-electron chi connectivity index (χ0n) is 7.04. The van der Waals surface area contributed by atoms with E-state index in [0.29, 0.717) is 12.4 Å². The molecule has 0 amide bonds. The molecule has 0 aliphatic rings. The minimum Gasteiger partial charge on any atom is -0.343 e. The highest BCUT2D eigenvalue weighted by Crippen LogP contribution is 1.91. The van der Waals surface area contributed by atoms with Crippen LogP contribution in [-0.4, -0.2) is 19.3 Å². The first-order chi connectivity index (χ1) is 6.27. The fourth-order valence-electron chi connectivity index (χ4n) is 1.05. The van der Waals surface area contributed by atoms with E-state index in [0.717, 1.165) is 0 Å². The van der Waals surface area contributed by atoms with Crippen molar-refractivity contribution in [3.8, 4) is 0 Å². The monoisotopic (exact) mass is 180 g/mol. The third-order valence-electron chi connectivity index (χ3n) is 1.74. The maximum Gasteiger partial charge on any atom is 0.328 e. The van der Waals surface area contributed by atoms with Crippen LogP contribution < -0.4 is 5.69 Å². The van der Waals surface area contributed by atoms with E-state index >= 15 is 0 Å². The molecule has 2 aromatic rings. The molecule has 0 unspecified atom stereocenters. The first kappa shape index (κ1) is 7.78. The summed E-state index contributed by atoms with van der Waals surface area (Å²) >= 11 is 0. The third kappa shape index (κ3) is 1.37. The van der Waals surface area contributed by atoms with Gasteiger partial charge in [0, 0.05) is 19.4 Å². The second kappa shape index (κ2) is 2.89. The SMILES string of the molecule is Cn1ccn(Cc2ncon2)c1=O. The number of imidazole rings is 1. The lowest BCUT2D eigenvalue weighted by atomic mass is 10.6. The van der Waals surface area contributed by atoms with Crippen LogP contribution in [0.3, 0.4) is 0 Å². The van der Waals surface area contributed by atoms with Gasteiger partial charge >= 0.3 is 5.69 Å². The first-order valence-electron chi connectivity index (χ1n) is 3.74. The van der Waals surface area contributed by atoms with E-state index in [1.807, 2.05) is 0 Å². The molecule has 0 aliphatic heterocycles. The fraction of sp³-hybridized carbons (Fsp3) is 0.286. The topological polar surface area (TPSA) is 65.8 Å². The highest BCUT2D eigenvalue weighted by molar-refractivity contribution is 4.86. The predicted molar refractivity (Wildman–Crippen MR) is 43.1 cm³/mol. The van der Waals surface area contributed by atoms with Crippen molar-refractivity contribution >= 4 is 0 Å². The summed E-state index contributed by atoms with van der Waals surface area (Å²) in [5, 5.41) is 3.61. The Hall–Kier alpha value is -1.85. The highest BCUT2D eigenvalue weighted by atomic mass is 16.5. The smallest absolute Gasteiger partial charge is 0.328 e. The van der Waals surface area contributed by atoms with Gasteiger partial charge in [0.15, 0.2) is 5.82 Å². The van der Waals surface area contributed by atoms with Crippen LogP contribution in [0.25, 0.3) is 0 Å². The summed E-state index contributed by atoms with van der Waals surface area (Å²) in [4.78, 5) is 15.1. The minimum absolute atomic E-state index is 0.0928. The molecule has 0 atom stereocenters. The van der Waals surface area contributed by atoms with E-state index in [2.05, 4.69) is 14.7 Å². The maximum absolute atomic E-state index is 11.3. The molecular weight excluding hydrogens is 172 g/mol. The minimum atomic E-state index is -0.0928. The molecule has 0 saturated carbocycles. The van der Waals surface area contributed by atoms with E-state index in [1.165, 1.54) is 15.5 Å². The van der Waals surface area contributed by atoms with Crippen LogP contribution in [-0.2, 0) is 13.6 Å². The zero-order valence-corrected chi connectivity index (χ0v) is 7.04. The summed E-state index contributed by atoms with van der Waals surface area (Å²) < 4.78 is 7.54. The van der Waals surface area contributed by atoms with Crippen molar-refractivity contribution in [1.29, 1.82) is 0 Å². The van der Waals surface area contributed by atoms with Crippen molar-refractivity contribution in [2.75, 3.05) is 0 Å². The molecule has 0 aliphatic carbocycles. The maximum atomic E-state index is 11.3. The first-order valence-corrected chi connectivity index (χ1v) is 3.74. The van der Waals surface area contributed by atoms with Gasteiger partial charge < -0.3 is 9.09 Å². The number of aromatic nitrogens is 4.